The van der Waals surface area contributed by atoms with E-state index in [1.54, 1.807) is 0 Å². The van der Waals surface area contributed by atoms with E-state index in [0.29, 0.717) is 12.1 Å². The van der Waals surface area contributed by atoms with E-state index in [9.17, 15) is 0 Å². The van der Waals surface area contributed by atoms with Crippen molar-refractivity contribution in [3.05, 3.63) is 24.0 Å². The molecule has 1 aliphatic heterocycles. The van der Waals surface area contributed by atoms with E-state index in [1.807, 2.05) is 0 Å². The fourth-order valence-corrected chi connectivity index (χ4v) is 3.24. The van der Waals surface area contributed by atoms with Crippen molar-refractivity contribution in [2.24, 2.45) is 0 Å². The topological polar surface area (TPSA) is 28.2 Å². The van der Waals surface area contributed by atoms with Crippen molar-refractivity contribution in [3.8, 4) is 0 Å². The van der Waals surface area contributed by atoms with Crippen LogP contribution < -0.4 is 10.2 Å². The molecule has 3 heteroatoms. The Morgan fingerprint density at radius 1 is 1.30 bits per heavy atom. The Labute approximate surface area is 123 Å². The Morgan fingerprint density at radius 3 is 2.75 bits per heavy atom. The van der Waals surface area contributed by atoms with Gasteiger partial charge in [-0.3, -0.25) is 4.98 Å². The third-order valence-corrected chi connectivity index (χ3v) is 4.42. The van der Waals surface area contributed by atoms with Crippen LogP contribution in [0.5, 0.6) is 0 Å². The van der Waals surface area contributed by atoms with Gasteiger partial charge in [0.15, 0.2) is 0 Å². The summed E-state index contributed by atoms with van der Waals surface area (Å²) in [4.78, 5) is 7.26. The van der Waals surface area contributed by atoms with Crippen molar-refractivity contribution in [1.82, 2.24) is 10.3 Å². The molecule has 0 radical (unpaired) electrons. The number of rotatable bonds is 6. The highest BCUT2D eigenvalue weighted by Crippen LogP contribution is 2.26. The second-order valence-corrected chi connectivity index (χ2v) is 5.71. The number of piperidine rings is 1. The first-order chi connectivity index (χ1) is 9.80. The Hall–Kier alpha value is -1.09. The van der Waals surface area contributed by atoms with E-state index in [0.717, 1.165) is 13.0 Å². The summed E-state index contributed by atoms with van der Waals surface area (Å²) in [5, 5.41) is 3.49. The average molecular weight is 275 g/mol. The number of hydrogen-bond donors (Lipinski definition) is 1. The van der Waals surface area contributed by atoms with Crippen LogP contribution in [0.25, 0.3) is 0 Å². The minimum absolute atomic E-state index is 0.386. The van der Waals surface area contributed by atoms with Crippen LogP contribution in [-0.2, 0) is 0 Å². The van der Waals surface area contributed by atoms with Gasteiger partial charge >= 0.3 is 0 Å². The van der Waals surface area contributed by atoms with E-state index < -0.39 is 0 Å². The number of aromatic nitrogens is 1. The van der Waals surface area contributed by atoms with E-state index in [4.69, 9.17) is 4.98 Å². The van der Waals surface area contributed by atoms with Gasteiger partial charge in [0.1, 0.15) is 0 Å². The monoisotopic (exact) mass is 275 g/mol. The van der Waals surface area contributed by atoms with Gasteiger partial charge in [0.25, 0.3) is 0 Å². The lowest BCUT2D eigenvalue weighted by molar-refractivity contribution is 0.449. The number of nitrogens with one attached hydrogen (secondary N) is 1. The maximum absolute atomic E-state index is 4.71. The van der Waals surface area contributed by atoms with Crippen LogP contribution in [0.2, 0.25) is 0 Å². The van der Waals surface area contributed by atoms with Crippen molar-refractivity contribution in [2.45, 2.75) is 65.0 Å². The fraction of sp³-hybridized carbons (Fsp3) is 0.706. The number of hydrogen-bond acceptors (Lipinski definition) is 3. The van der Waals surface area contributed by atoms with E-state index >= 15 is 0 Å². The van der Waals surface area contributed by atoms with Gasteiger partial charge in [0.2, 0.25) is 0 Å². The zero-order valence-electron chi connectivity index (χ0n) is 13.2. The van der Waals surface area contributed by atoms with Gasteiger partial charge in [-0.05, 0) is 50.8 Å². The van der Waals surface area contributed by atoms with Crippen LogP contribution in [-0.4, -0.2) is 24.1 Å². The Bertz CT molecular complexity index is 388. The molecule has 20 heavy (non-hydrogen) atoms. The summed E-state index contributed by atoms with van der Waals surface area (Å²) in [5.41, 5.74) is 2.47. The van der Waals surface area contributed by atoms with Gasteiger partial charge in [-0.1, -0.05) is 20.8 Å². The SMILES string of the molecule is CCNC(CC)c1ccc(N2CCCCC2CC)cn1. The largest absolute Gasteiger partial charge is 0.367 e. The molecule has 1 fully saturated rings. The molecule has 1 aromatic rings. The summed E-state index contributed by atoms with van der Waals surface area (Å²) < 4.78 is 0. The molecular weight excluding hydrogens is 246 g/mol. The molecule has 2 unspecified atom stereocenters. The van der Waals surface area contributed by atoms with Gasteiger partial charge in [-0.25, -0.2) is 0 Å². The first kappa shape index (κ1) is 15.3. The summed E-state index contributed by atoms with van der Waals surface area (Å²) in [7, 11) is 0. The predicted octanol–water partition coefficient (Wildman–Crippen LogP) is 3.91. The highest BCUT2D eigenvalue weighted by Gasteiger charge is 2.21. The second-order valence-electron chi connectivity index (χ2n) is 5.71. The maximum atomic E-state index is 4.71. The van der Waals surface area contributed by atoms with Crippen molar-refractivity contribution < 1.29 is 0 Å². The van der Waals surface area contributed by atoms with E-state index in [1.165, 1.54) is 43.6 Å². The lowest BCUT2D eigenvalue weighted by atomic mass is 9.99. The molecule has 0 bridgehead atoms. The normalized spacial score (nSPS) is 20.9. The maximum Gasteiger partial charge on any atom is 0.0574 e. The van der Waals surface area contributed by atoms with Crippen molar-refractivity contribution in [3.63, 3.8) is 0 Å². The molecule has 0 saturated carbocycles. The standard InChI is InChI=1S/C17H29N3/c1-4-14-9-7-8-12-20(14)15-10-11-17(19-13-15)16(5-2)18-6-3/h10-11,13-14,16,18H,4-9,12H2,1-3H3. The summed E-state index contributed by atoms with van der Waals surface area (Å²) >= 11 is 0. The van der Waals surface area contributed by atoms with Crippen molar-refractivity contribution in [1.29, 1.82) is 0 Å². The first-order valence-electron chi connectivity index (χ1n) is 8.26. The number of pyridine rings is 1. The first-order valence-corrected chi connectivity index (χ1v) is 8.26. The summed E-state index contributed by atoms with van der Waals surface area (Å²) in [5.74, 6) is 0. The van der Waals surface area contributed by atoms with Gasteiger partial charge in [-0.2, -0.15) is 0 Å². The van der Waals surface area contributed by atoms with Crippen molar-refractivity contribution >= 4 is 5.69 Å². The molecule has 3 nitrogen and oxygen atoms in total. The van der Waals surface area contributed by atoms with E-state index in [-0.39, 0.29) is 0 Å². The zero-order chi connectivity index (χ0) is 14.4. The van der Waals surface area contributed by atoms with Crippen LogP contribution in [0.15, 0.2) is 18.3 Å². The molecule has 1 aromatic heterocycles. The quantitative estimate of drug-likeness (QED) is 0.853. The minimum atomic E-state index is 0.386. The van der Waals surface area contributed by atoms with Crippen molar-refractivity contribution in [2.75, 3.05) is 18.0 Å². The molecule has 1 aliphatic rings. The van der Waals surface area contributed by atoms with Gasteiger partial charge in [0.05, 0.1) is 17.6 Å². The fourth-order valence-electron chi connectivity index (χ4n) is 3.24. The zero-order valence-corrected chi connectivity index (χ0v) is 13.2. The molecule has 112 valence electrons. The Balaban J connectivity index is 2.10. The van der Waals surface area contributed by atoms with Crippen LogP contribution in [0, 0.1) is 0 Å². The third-order valence-electron chi connectivity index (χ3n) is 4.42. The number of anilines is 1. The molecule has 2 heterocycles. The number of nitrogens with zero attached hydrogens (tertiary/aromatic N) is 2. The Kier molecular flexibility index (Phi) is 5.84. The van der Waals surface area contributed by atoms with Crippen LogP contribution >= 0.6 is 0 Å². The third kappa shape index (κ3) is 3.51. The van der Waals surface area contributed by atoms with Gasteiger partial charge in [-0.15, -0.1) is 0 Å². The van der Waals surface area contributed by atoms with Crippen LogP contribution in [0.4, 0.5) is 5.69 Å². The average Bonchev–Trinajstić information content (AvgIpc) is 2.53. The highest BCUT2D eigenvalue weighted by molar-refractivity contribution is 5.46. The summed E-state index contributed by atoms with van der Waals surface area (Å²) in [6, 6.07) is 5.55. The lowest BCUT2D eigenvalue weighted by Crippen LogP contribution is -2.39. The molecule has 1 N–H and O–H groups in total. The molecule has 0 aliphatic carbocycles. The smallest absolute Gasteiger partial charge is 0.0574 e. The molecule has 1 saturated heterocycles. The molecule has 0 amide bonds. The molecule has 2 rings (SSSR count). The van der Waals surface area contributed by atoms with Gasteiger partial charge in [0, 0.05) is 18.6 Å². The van der Waals surface area contributed by atoms with Crippen LogP contribution in [0.1, 0.15) is 64.6 Å². The summed E-state index contributed by atoms with van der Waals surface area (Å²) in [6.45, 7) is 8.83. The van der Waals surface area contributed by atoms with E-state index in [2.05, 4.69) is 49.3 Å². The second kappa shape index (κ2) is 7.63. The van der Waals surface area contributed by atoms with Gasteiger partial charge < -0.3 is 10.2 Å². The minimum Gasteiger partial charge on any atom is -0.367 e. The molecule has 0 aromatic carbocycles. The Morgan fingerprint density at radius 2 is 2.15 bits per heavy atom. The molecule has 0 spiro atoms. The molecular formula is C17H29N3. The van der Waals surface area contributed by atoms with Crippen LogP contribution in [0.3, 0.4) is 0 Å². The summed E-state index contributed by atoms with van der Waals surface area (Å²) in [6.07, 6.45) is 8.40. The lowest BCUT2D eigenvalue weighted by Gasteiger charge is -2.37. The predicted molar refractivity (Wildman–Crippen MR) is 86.2 cm³/mol. The highest BCUT2D eigenvalue weighted by atomic mass is 15.2. The molecule has 2 atom stereocenters.